The second-order valence-corrected chi connectivity index (χ2v) is 5.34. The van der Waals surface area contributed by atoms with Crippen LogP contribution in [-0.2, 0) is 0 Å². The van der Waals surface area contributed by atoms with Gasteiger partial charge in [-0.25, -0.2) is 14.6 Å². The molecule has 0 aliphatic heterocycles. The van der Waals surface area contributed by atoms with E-state index in [9.17, 15) is 4.79 Å². The molecule has 22 heavy (non-hydrogen) atoms. The maximum absolute atomic E-state index is 12.3. The summed E-state index contributed by atoms with van der Waals surface area (Å²) in [6.07, 6.45) is 13.5. The second kappa shape index (κ2) is 5.18. The van der Waals surface area contributed by atoms with E-state index in [1.165, 1.54) is 18.7 Å². The van der Waals surface area contributed by atoms with Crippen molar-refractivity contribution in [2.24, 2.45) is 0 Å². The van der Waals surface area contributed by atoms with Crippen LogP contribution in [0.5, 0.6) is 0 Å². The molecule has 0 atom stereocenters. The summed E-state index contributed by atoms with van der Waals surface area (Å²) in [4.78, 5) is 20.5. The molecule has 3 aromatic rings. The van der Waals surface area contributed by atoms with Crippen molar-refractivity contribution >= 4 is 17.6 Å². The van der Waals surface area contributed by atoms with E-state index in [1.807, 2.05) is 10.9 Å². The Morgan fingerprint density at radius 2 is 2.23 bits per heavy atom. The highest BCUT2D eigenvalue weighted by Gasteiger charge is 2.20. The Morgan fingerprint density at radius 3 is 3.05 bits per heavy atom. The van der Waals surface area contributed by atoms with Gasteiger partial charge in [0, 0.05) is 12.4 Å². The number of nitrogens with zero attached hydrogens (tertiary/aromatic N) is 6. The quantitative estimate of drug-likeness (QED) is 0.543. The van der Waals surface area contributed by atoms with Gasteiger partial charge in [-0.2, -0.15) is 0 Å². The first-order valence-electron chi connectivity index (χ1n) is 7.23. The molecule has 0 N–H and O–H groups in total. The summed E-state index contributed by atoms with van der Waals surface area (Å²) in [7, 11) is 0. The molecule has 0 amide bonds. The number of aromatic nitrogens is 6. The zero-order valence-corrected chi connectivity index (χ0v) is 11.8. The fourth-order valence-corrected chi connectivity index (χ4v) is 2.45. The number of hydrogen-bond donors (Lipinski definition) is 0. The molecule has 1 aliphatic carbocycles. The molecule has 0 saturated heterocycles. The van der Waals surface area contributed by atoms with E-state index < -0.39 is 0 Å². The topological polar surface area (TPSA) is 78.0 Å². The average Bonchev–Trinajstić information content (AvgIpc) is 3.10. The Kier molecular flexibility index (Phi) is 3.03. The monoisotopic (exact) mass is 294 g/mol. The van der Waals surface area contributed by atoms with Crippen LogP contribution in [0.3, 0.4) is 0 Å². The van der Waals surface area contributed by atoms with Gasteiger partial charge >= 0.3 is 0 Å². The Balaban J connectivity index is 1.54. The van der Waals surface area contributed by atoms with Crippen LogP contribution in [0.2, 0.25) is 0 Å². The maximum atomic E-state index is 12.3. The molecule has 1 saturated carbocycles. The van der Waals surface area contributed by atoms with Crippen LogP contribution in [0.25, 0.3) is 11.9 Å². The predicted octanol–water partition coefficient (Wildman–Crippen LogP) is 1.94. The van der Waals surface area contributed by atoms with Crippen LogP contribution in [0.4, 0.5) is 0 Å². The van der Waals surface area contributed by atoms with E-state index in [0.717, 1.165) is 12.8 Å². The molecular weight excluding hydrogens is 280 g/mol. The molecule has 4 rings (SSSR count). The standard InChI is InChI=1S/C15H14N6O/c22-14(13-9-17-15-16-7-2-8-20(13)15)6-5-11-10-21(19-18-11)12-3-1-4-12/h2,5-10,12H,1,3-4H2. The van der Waals surface area contributed by atoms with Crippen LogP contribution in [-0.4, -0.2) is 35.1 Å². The molecule has 1 fully saturated rings. The van der Waals surface area contributed by atoms with Crippen molar-refractivity contribution in [3.63, 3.8) is 0 Å². The van der Waals surface area contributed by atoms with Gasteiger partial charge in [0.15, 0.2) is 0 Å². The number of hydrogen-bond acceptors (Lipinski definition) is 5. The van der Waals surface area contributed by atoms with Crippen molar-refractivity contribution in [2.75, 3.05) is 0 Å². The summed E-state index contributed by atoms with van der Waals surface area (Å²) in [6.45, 7) is 0. The highest BCUT2D eigenvalue weighted by molar-refractivity contribution is 6.05. The predicted molar refractivity (Wildman–Crippen MR) is 79.3 cm³/mol. The molecule has 0 unspecified atom stereocenters. The number of allylic oxidation sites excluding steroid dienone is 1. The molecule has 1 aliphatic rings. The first-order chi connectivity index (χ1) is 10.8. The van der Waals surface area contributed by atoms with E-state index in [4.69, 9.17) is 0 Å². The molecule has 0 aromatic carbocycles. The average molecular weight is 294 g/mol. The summed E-state index contributed by atoms with van der Waals surface area (Å²) < 4.78 is 3.55. The molecule has 110 valence electrons. The van der Waals surface area contributed by atoms with Gasteiger partial charge in [0.25, 0.3) is 0 Å². The molecule has 0 radical (unpaired) electrons. The van der Waals surface area contributed by atoms with Crippen LogP contribution in [0.1, 0.15) is 41.5 Å². The van der Waals surface area contributed by atoms with Gasteiger partial charge in [0.05, 0.1) is 18.4 Å². The highest BCUT2D eigenvalue weighted by Crippen LogP contribution is 2.30. The minimum atomic E-state index is -0.140. The zero-order chi connectivity index (χ0) is 14.9. The van der Waals surface area contributed by atoms with Crippen molar-refractivity contribution in [2.45, 2.75) is 25.3 Å². The first-order valence-corrected chi connectivity index (χ1v) is 7.23. The zero-order valence-electron chi connectivity index (χ0n) is 11.8. The Morgan fingerprint density at radius 1 is 1.32 bits per heavy atom. The number of rotatable bonds is 4. The van der Waals surface area contributed by atoms with Crippen LogP contribution in [0, 0.1) is 0 Å². The number of imidazole rings is 1. The lowest BCUT2D eigenvalue weighted by molar-refractivity contribution is 0.104. The summed E-state index contributed by atoms with van der Waals surface area (Å²) in [5.41, 5.74) is 1.16. The normalized spacial score (nSPS) is 15.5. The summed E-state index contributed by atoms with van der Waals surface area (Å²) in [5.74, 6) is 0.369. The number of ketones is 1. The molecule has 7 nitrogen and oxygen atoms in total. The van der Waals surface area contributed by atoms with E-state index in [1.54, 1.807) is 28.9 Å². The Hall–Kier alpha value is -2.83. The third-order valence-corrected chi connectivity index (χ3v) is 3.92. The second-order valence-electron chi connectivity index (χ2n) is 5.34. The highest BCUT2D eigenvalue weighted by atomic mass is 16.1. The van der Waals surface area contributed by atoms with Crippen molar-refractivity contribution < 1.29 is 4.79 Å². The van der Waals surface area contributed by atoms with Crippen molar-refractivity contribution in [1.82, 2.24) is 29.4 Å². The molecule has 3 heterocycles. The van der Waals surface area contributed by atoms with Gasteiger partial charge in [-0.3, -0.25) is 9.20 Å². The smallest absolute Gasteiger partial charge is 0.234 e. The van der Waals surface area contributed by atoms with Crippen molar-refractivity contribution in [3.8, 4) is 0 Å². The minimum absolute atomic E-state index is 0.140. The largest absolute Gasteiger partial charge is 0.288 e. The lowest BCUT2D eigenvalue weighted by Crippen LogP contribution is -2.17. The summed E-state index contributed by atoms with van der Waals surface area (Å²) >= 11 is 0. The van der Waals surface area contributed by atoms with Crippen LogP contribution < -0.4 is 0 Å². The van der Waals surface area contributed by atoms with Crippen molar-refractivity contribution in [3.05, 3.63) is 48.3 Å². The van der Waals surface area contributed by atoms with E-state index >= 15 is 0 Å². The van der Waals surface area contributed by atoms with Gasteiger partial charge in [-0.1, -0.05) is 5.21 Å². The molecule has 7 heteroatoms. The molecule has 0 bridgehead atoms. The van der Waals surface area contributed by atoms with Crippen molar-refractivity contribution in [1.29, 1.82) is 0 Å². The third kappa shape index (κ3) is 2.20. The number of carbonyl (C=O) groups is 1. The third-order valence-electron chi connectivity index (χ3n) is 3.92. The van der Waals surface area contributed by atoms with Crippen LogP contribution >= 0.6 is 0 Å². The first kappa shape index (κ1) is 12.9. The van der Waals surface area contributed by atoms with Gasteiger partial charge in [0.1, 0.15) is 11.4 Å². The van der Waals surface area contributed by atoms with Gasteiger partial charge in [-0.15, -0.1) is 5.10 Å². The van der Waals surface area contributed by atoms with E-state index in [-0.39, 0.29) is 5.78 Å². The fraction of sp³-hybridized carbons (Fsp3) is 0.267. The SMILES string of the molecule is O=C(C=Cc1cn(C2CCC2)nn1)c1cnc2ncccn12. The Bertz CT molecular complexity index is 858. The lowest BCUT2D eigenvalue weighted by Gasteiger charge is -2.24. The summed E-state index contributed by atoms with van der Waals surface area (Å²) in [6, 6.07) is 2.23. The fourth-order valence-electron chi connectivity index (χ4n) is 2.45. The maximum Gasteiger partial charge on any atom is 0.234 e. The summed E-state index contributed by atoms with van der Waals surface area (Å²) in [5, 5.41) is 8.18. The lowest BCUT2D eigenvalue weighted by atomic mass is 9.93. The minimum Gasteiger partial charge on any atom is -0.288 e. The molecular formula is C15H14N6O. The van der Waals surface area contributed by atoms with Gasteiger partial charge in [-0.05, 0) is 37.5 Å². The Labute approximate surface area is 126 Å². The number of carbonyl (C=O) groups excluding carboxylic acids is 1. The van der Waals surface area contributed by atoms with Crippen LogP contribution in [0.15, 0.2) is 36.9 Å². The van der Waals surface area contributed by atoms with E-state index in [0.29, 0.717) is 23.2 Å². The van der Waals surface area contributed by atoms with E-state index in [2.05, 4.69) is 20.3 Å². The number of fused-ring (bicyclic) bond motifs is 1. The van der Waals surface area contributed by atoms with Gasteiger partial charge < -0.3 is 0 Å². The van der Waals surface area contributed by atoms with Gasteiger partial charge in [0.2, 0.25) is 11.6 Å². The molecule has 0 spiro atoms. The molecule has 3 aromatic heterocycles.